The highest BCUT2D eigenvalue weighted by Gasteiger charge is 2.42. The van der Waals surface area contributed by atoms with Crippen LogP contribution in [0, 0.1) is 11.3 Å². The summed E-state index contributed by atoms with van der Waals surface area (Å²) < 4.78 is 0. The molecule has 2 aliphatic rings. The van der Waals surface area contributed by atoms with Crippen molar-refractivity contribution in [2.45, 2.75) is 173 Å². The number of nitrogens with one attached hydrogen (secondary N) is 2. The van der Waals surface area contributed by atoms with Crippen LogP contribution in [-0.4, -0.2) is 34.9 Å². The molecule has 5 heteroatoms. The molecule has 2 fully saturated rings. The Kier molecular flexibility index (Phi) is 16.3. The van der Waals surface area contributed by atoms with Crippen LogP contribution in [0.5, 0.6) is 0 Å². The first-order chi connectivity index (χ1) is 17.8. The molecule has 37 heavy (non-hydrogen) atoms. The molecule has 0 radical (unpaired) electrons. The average molecular weight is 537 g/mol. The van der Waals surface area contributed by atoms with Crippen LogP contribution in [0.2, 0.25) is 0 Å². The van der Waals surface area contributed by atoms with Gasteiger partial charge in [-0.05, 0) is 36.3 Å². The second kappa shape index (κ2) is 18.6. The Morgan fingerprint density at radius 3 is 2.03 bits per heavy atom. The lowest BCUT2D eigenvalue weighted by Gasteiger charge is -2.32. The quantitative estimate of drug-likeness (QED) is 0.144. The molecule has 0 bridgehead atoms. The summed E-state index contributed by atoms with van der Waals surface area (Å²) in [5.74, 6) is 2.09. The van der Waals surface area contributed by atoms with Crippen LogP contribution in [0.25, 0.3) is 0 Å². The molecule has 1 unspecified atom stereocenters. The molecule has 4 nitrogen and oxygen atoms in total. The van der Waals surface area contributed by atoms with Gasteiger partial charge in [-0.3, -0.25) is 9.59 Å². The molecule has 0 saturated carbocycles. The van der Waals surface area contributed by atoms with Gasteiger partial charge in [-0.1, -0.05) is 124 Å². The highest BCUT2D eigenvalue weighted by atomic mass is 32.2. The second-order valence-corrected chi connectivity index (χ2v) is 14.3. The molecule has 2 heterocycles. The fourth-order valence-electron chi connectivity index (χ4n) is 6.06. The van der Waals surface area contributed by atoms with Gasteiger partial charge in [0, 0.05) is 30.2 Å². The van der Waals surface area contributed by atoms with Crippen molar-refractivity contribution < 1.29 is 9.59 Å². The Bertz CT molecular complexity index is 633. The van der Waals surface area contributed by atoms with E-state index in [1.807, 2.05) is 11.8 Å². The van der Waals surface area contributed by atoms with E-state index in [0.29, 0.717) is 30.1 Å². The van der Waals surface area contributed by atoms with Gasteiger partial charge in [0.15, 0.2) is 0 Å². The summed E-state index contributed by atoms with van der Waals surface area (Å²) in [6.07, 6.45) is 24.9. The van der Waals surface area contributed by atoms with Crippen LogP contribution in [-0.2, 0) is 9.59 Å². The van der Waals surface area contributed by atoms with Crippen molar-refractivity contribution in [3.8, 4) is 0 Å². The summed E-state index contributed by atoms with van der Waals surface area (Å²) in [7, 11) is 0. The van der Waals surface area contributed by atoms with Gasteiger partial charge in [-0.25, -0.2) is 0 Å². The Labute approximate surface area is 234 Å². The zero-order valence-corrected chi connectivity index (χ0v) is 25.7. The van der Waals surface area contributed by atoms with E-state index in [1.165, 1.54) is 89.9 Å². The number of carbonyl (C=O) groups excluding carboxylic acids is 2. The monoisotopic (exact) mass is 536 g/mol. The number of carbonyl (C=O) groups is 2. The molecular weight excluding hydrogens is 476 g/mol. The average Bonchev–Trinajstić information content (AvgIpc) is 3.39. The molecular formula is C32H60N2O2S. The first kappa shape index (κ1) is 32.5. The van der Waals surface area contributed by atoms with Gasteiger partial charge >= 0.3 is 0 Å². The van der Waals surface area contributed by atoms with E-state index in [2.05, 4.69) is 38.3 Å². The minimum atomic E-state index is 0.0996. The molecule has 2 aliphatic heterocycles. The van der Waals surface area contributed by atoms with Gasteiger partial charge in [-0.2, -0.15) is 11.8 Å². The number of fused-ring (bicyclic) bond motifs is 1. The molecule has 4 atom stereocenters. The van der Waals surface area contributed by atoms with Crippen molar-refractivity contribution in [1.29, 1.82) is 0 Å². The Morgan fingerprint density at radius 2 is 1.46 bits per heavy atom. The van der Waals surface area contributed by atoms with Crippen molar-refractivity contribution in [2.75, 3.05) is 5.75 Å². The van der Waals surface area contributed by atoms with Crippen molar-refractivity contribution in [3.63, 3.8) is 0 Å². The normalized spacial score (nSPS) is 22.2. The summed E-state index contributed by atoms with van der Waals surface area (Å²) in [6, 6.07) is 0.638. The van der Waals surface area contributed by atoms with E-state index in [0.717, 1.165) is 31.4 Å². The van der Waals surface area contributed by atoms with Gasteiger partial charge in [-0.15, -0.1) is 0 Å². The highest BCUT2D eigenvalue weighted by Crippen LogP contribution is 2.39. The topological polar surface area (TPSA) is 58.2 Å². The Hall–Kier alpha value is -0.710. The van der Waals surface area contributed by atoms with Crippen molar-refractivity contribution >= 4 is 23.6 Å². The molecule has 2 rings (SSSR count). The number of rotatable bonds is 21. The first-order valence-corrected chi connectivity index (χ1v) is 17.1. The van der Waals surface area contributed by atoms with Crippen molar-refractivity contribution in [1.82, 2.24) is 10.6 Å². The van der Waals surface area contributed by atoms with Gasteiger partial charge in [0.05, 0.1) is 0 Å². The zero-order valence-electron chi connectivity index (χ0n) is 24.9. The molecule has 0 aliphatic carbocycles. The maximum atomic E-state index is 12.7. The van der Waals surface area contributed by atoms with Gasteiger partial charge in [0.25, 0.3) is 0 Å². The second-order valence-electron chi connectivity index (χ2n) is 13.0. The van der Waals surface area contributed by atoms with Crippen LogP contribution in [0.1, 0.15) is 156 Å². The minimum absolute atomic E-state index is 0.0996. The molecule has 0 spiro atoms. The Balaban J connectivity index is 1.47. The van der Waals surface area contributed by atoms with Crippen LogP contribution < -0.4 is 10.6 Å². The summed E-state index contributed by atoms with van der Waals surface area (Å²) in [6.45, 7) is 9.05. The molecule has 0 aromatic rings. The maximum Gasteiger partial charge on any atom is 0.220 e. The van der Waals surface area contributed by atoms with E-state index in [1.54, 1.807) is 0 Å². The number of unbranched alkanes of at least 4 members (excludes halogenated alkanes) is 14. The predicted octanol–water partition coefficient (Wildman–Crippen LogP) is 8.57. The van der Waals surface area contributed by atoms with E-state index in [-0.39, 0.29) is 23.3 Å². The van der Waals surface area contributed by atoms with Crippen molar-refractivity contribution in [3.05, 3.63) is 0 Å². The number of amides is 2. The van der Waals surface area contributed by atoms with Crippen LogP contribution >= 0.6 is 11.8 Å². The molecule has 216 valence electrons. The van der Waals surface area contributed by atoms with Crippen molar-refractivity contribution in [2.24, 2.45) is 11.3 Å². The SMILES string of the molecule is CCCCCCCCCCCCCCCCC(NC(=O)CCCC[C@@H]1SC[C@@H]2CC(=O)N[C@@H]21)C(C)(C)C. The van der Waals surface area contributed by atoms with Crippen LogP contribution in [0.4, 0.5) is 0 Å². The smallest absolute Gasteiger partial charge is 0.220 e. The highest BCUT2D eigenvalue weighted by molar-refractivity contribution is 8.00. The lowest BCUT2D eigenvalue weighted by Crippen LogP contribution is -2.43. The van der Waals surface area contributed by atoms with E-state index in [9.17, 15) is 9.59 Å². The molecule has 2 saturated heterocycles. The Morgan fingerprint density at radius 1 is 0.892 bits per heavy atom. The number of thioether (sulfide) groups is 1. The fourth-order valence-corrected chi connectivity index (χ4v) is 7.71. The van der Waals surface area contributed by atoms with Gasteiger partial charge < -0.3 is 10.6 Å². The van der Waals surface area contributed by atoms with E-state index in [4.69, 9.17) is 0 Å². The third-order valence-corrected chi connectivity index (χ3v) is 10.2. The van der Waals surface area contributed by atoms with Crippen LogP contribution in [0.15, 0.2) is 0 Å². The lowest BCUT2D eigenvalue weighted by molar-refractivity contribution is -0.122. The van der Waals surface area contributed by atoms with E-state index >= 15 is 0 Å². The third kappa shape index (κ3) is 13.8. The largest absolute Gasteiger partial charge is 0.353 e. The lowest BCUT2D eigenvalue weighted by atomic mass is 9.83. The van der Waals surface area contributed by atoms with E-state index < -0.39 is 0 Å². The number of hydrogen-bond donors (Lipinski definition) is 2. The van der Waals surface area contributed by atoms with Gasteiger partial charge in [0.1, 0.15) is 0 Å². The molecule has 2 amide bonds. The van der Waals surface area contributed by atoms with Crippen LogP contribution in [0.3, 0.4) is 0 Å². The molecule has 0 aromatic carbocycles. The zero-order chi connectivity index (χ0) is 26.9. The fraction of sp³-hybridized carbons (Fsp3) is 0.938. The minimum Gasteiger partial charge on any atom is -0.353 e. The predicted molar refractivity (Wildman–Crippen MR) is 161 cm³/mol. The third-order valence-electron chi connectivity index (χ3n) is 8.58. The van der Waals surface area contributed by atoms with Gasteiger partial charge in [0.2, 0.25) is 11.8 Å². The summed E-state index contributed by atoms with van der Waals surface area (Å²) in [4.78, 5) is 24.3. The maximum absolute atomic E-state index is 12.7. The summed E-state index contributed by atoms with van der Waals surface area (Å²) in [5.41, 5.74) is 0.0996. The molecule has 2 N–H and O–H groups in total. The standard InChI is InChI=1S/C32H60N2O2S/c1-5-6-7-8-9-10-11-12-13-14-15-16-17-18-22-28(32(2,3)4)33-29(35)23-20-19-21-27-31-26(25-37-27)24-30(36)34-31/h26-28,31H,5-25H2,1-4H3,(H,33,35)(H,34,36)/t26-,27-,28?,31-/m0/s1. The molecule has 0 aromatic heterocycles. The first-order valence-electron chi connectivity index (χ1n) is 16.0. The number of hydrogen-bond acceptors (Lipinski definition) is 3. The summed E-state index contributed by atoms with van der Waals surface area (Å²) >= 11 is 2.02. The summed E-state index contributed by atoms with van der Waals surface area (Å²) in [5, 5.41) is 7.09.